The van der Waals surface area contributed by atoms with Crippen molar-refractivity contribution in [3.63, 3.8) is 0 Å². The molecule has 0 aliphatic carbocycles. The molecule has 1 aromatic heterocycles. The molecule has 0 fully saturated rings. The molecule has 1 atom stereocenters. The minimum Gasteiger partial charge on any atom is -0.329 e. The molecule has 2 nitrogen and oxygen atoms in total. The molecule has 2 N–H and O–H groups in total. The number of nitrogens with two attached hydrogens (primary N) is 1. The average Bonchev–Trinajstić information content (AvgIpc) is 2.66. The molecule has 0 spiro atoms. The molecule has 78 valence electrons. The van der Waals surface area contributed by atoms with Crippen molar-refractivity contribution in [1.29, 1.82) is 0 Å². The van der Waals surface area contributed by atoms with E-state index in [1.165, 1.54) is 19.4 Å². The van der Waals surface area contributed by atoms with E-state index in [0.29, 0.717) is 6.04 Å². The Morgan fingerprint density at radius 1 is 1.64 bits per heavy atom. The Balaban J connectivity index is 2.20. The van der Waals surface area contributed by atoms with E-state index in [1.807, 2.05) is 11.3 Å². The molecule has 3 heteroatoms. The molecule has 0 bridgehead atoms. The molecule has 1 aliphatic rings. The Bertz CT molecular complexity index is 295. The largest absolute Gasteiger partial charge is 0.329 e. The van der Waals surface area contributed by atoms with Crippen LogP contribution in [0.2, 0.25) is 0 Å². The second-order valence-electron chi connectivity index (χ2n) is 3.80. The molecule has 2 heterocycles. The highest BCUT2D eigenvalue weighted by Gasteiger charge is 2.25. The van der Waals surface area contributed by atoms with Crippen LogP contribution >= 0.6 is 11.3 Å². The van der Waals surface area contributed by atoms with Crippen LogP contribution in [0.15, 0.2) is 11.4 Å². The Labute approximate surface area is 89.7 Å². The van der Waals surface area contributed by atoms with Gasteiger partial charge in [-0.15, -0.1) is 11.3 Å². The summed E-state index contributed by atoms with van der Waals surface area (Å²) in [6, 6.07) is 2.91. The van der Waals surface area contributed by atoms with E-state index < -0.39 is 0 Å². The van der Waals surface area contributed by atoms with E-state index in [9.17, 15) is 0 Å². The first-order chi connectivity index (χ1) is 6.86. The molecule has 1 unspecified atom stereocenters. The van der Waals surface area contributed by atoms with Crippen molar-refractivity contribution in [1.82, 2.24) is 4.90 Å². The standard InChI is InChI=1S/C11H18N2S/c1-2-10-9-4-8-14-11(9)3-6-13(10)7-5-12/h4,8,10H,2-3,5-7,12H2,1H3. The lowest BCUT2D eigenvalue weighted by Gasteiger charge is -2.35. The summed E-state index contributed by atoms with van der Waals surface area (Å²) in [5.74, 6) is 0. The summed E-state index contributed by atoms with van der Waals surface area (Å²) in [6.07, 6.45) is 2.41. The fourth-order valence-corrected chi connectivity index (χ4v) is 3.29. The summed E-state index contributed by atoms with van der Waals surface area (Å²) in [5, 5.41) is 2.22. The lowest BCUT2D eigenvalue weighted by atomic mass is 9.98. The third-order valence-electron chi connectivity index (χ3n) is 3.01. The molecule has 0 saturated carbocycles. The topological polar surface area (TPSA) is 29.3 Å². The van der Waals surface area contributed by atoms with Gasteiger partial charge in [-0.05, 0) is 29.9 Å². The van der Waals surface area contributed by atoms with Crippen molar-refractivity contribution in [3.05, 3.63) is 21.9 Å². The molecule has 0 radical (unpaired) electrons. The van der Waals surface area contributed by atoms with Gasteiger partial charge in [0.15, 0.2) is 0 Å². The van der Waals surface area contributed by atoms with Crippen LogP contribution in [0.3, 0.4) is 0 Å². The number of hydrogen-bond donors (Lipinski definition) is 1. The van der Waals surface area contributed by atoms with Gasteiger partial charge in [0.25, 0.3) is 0 Å². The fourth-order valence-electron chi connectivity index (χ4n) is 2.36. The number of thiophene rings is 1. The Kier molecular flexibility index (Phi) is 3.21. The Hall–Kier alpha value is -0.380. The normalized spacial score (nSPS) is 22.3. The Morgan fingerprint density at radius 2 is 2.50 bits per heavy atom. The summed E-state index contributed by atoms with van der Waals surface area (Å²) in [7, 11) is 0. The molecule has 1 aromatic rings. The van der Waals surface area contributed by atoms with Gasteiger partial charge in [-0.3, -0.25) is 4.90 Å². The Morgan fingerprint density at radius 3 is 3.21 bits per heavy atom. The van der Waals surface area contributed by atoms with Crippen LogP contribution in [0, 0.1) is 0 Å². The third kappa shape index (κ3) is 1.72. The first kappa shape index (κ1) is 10.1. The minimum atomic E-state index is 0.619. The smallest absolute Gasteiger partial charge is 0.0357 e. The van der Waals surface area contributed by atoms with Gasteiger partial charge in [0.05, 0.1) is 0 Å². The van der Waals surface area contributed by atoms with Crippen molar-refractivity contribution in [2.75, 3.05) is 19.6 Å². The van der Waals surface area contributed by atoms with Crippen LogP contribution in [-0.2, 0) is 6.42 Å². The highest BCUT2D eigenvalue weighted by atomic mass is 32.1. The van der Waals surface area contributed by atoms with Crippen LogP contribution in [0.1, 0.15) is 29.8 Å². The van der Waals surface area contributed by atoms with E-state index in [4.69, 9.17) is 5.73 Å². The lowest BCUT2D eigenvalue weighted by Crippen LogP contribution is -2.37. The maximum atomic E-state index is 5.63. The van der Waals surface area contributed by atoms with Gasteiger partial charge in [-0.2, -0.15) is 0 Å². The summed E-state index contributed by atoms with van der Waals surface area (Å²) < 4.78 is 0. The monoisotopic (exact) mass is 210 g/mol. The van der Waals surface area contributed by atoms with Crippen LogP contribution in [0.4, 0.5) is 0 Å². The van der Waals surface area contributed by atoms with E-state index in [2.05, 4.69) is 23.3 Å². The maximum absolute atomic E-state index is 5.63. The van der Waals surface area contributed by atoms with Crippen molar-refractivity contribution in [3.8, 4) is 0 Å². The van der Waals surface area contributed by atoms with Crippen LogP contribution in [0.5, 0.6) is 0 Å². The highest BCUT2D eigenvalue weighted by Crippen LogP contribution is 2.34. The number of rotatable bonds is 3. The van der Waals surface area contributed by atoms with Gasteiger partial charge >= 0.3 is 0 Å². The van der Waals surface area contributed by atoms with Gasteiger partial charge in [-0.25, -0.2) is 0 Å². The second kappa shape index (κ2) is 4.43. The minimum absolute atomic E-state index is 0.619. The maximum Gasteiger partial charge on any atom is 0.0357 e. The van der Waals surface area contributed by atoms with E-state index in [-0.39, 0.29) is 0 Å². The molecule has 14 heavy (non-hydrogen) atoms. The molecular formula is C11H18N2S. The lowest BCUT2D eigenvalue weighted by molar-refractivity contribution is 0.187. The summed E-state index contributed by atoms with van der Waals surface area (Å²) in [4.78, 5) is 4.11. The molecule has 0 amide bonds. The van der Waals surface area contributed by atoms with Crippen LogP contribution in [0.25, 0.3) is 0 Å². The molecule has 1 aliphatic heterocycles. The van der Waals surface area contributed by atoms with Gasteiger partial charge in [0, 0.05) is 30.6 Å². The number of nitrogens with zero attached hydrogens (tertiary/aromatic N) is 1. The fraction of sp³-hybridized carbons (Fsp3) is 0.636. The predicted octanol–water partition coefficient (Wildman–Crippen LogP) is 2.02. The second-order valence-corrected chi connectivity index (χ2v) is 4.80. The highest BCUT2D eigenvalue weighted by molar-refractivity contribution is 7.10. The van der Waals surface area contributed by atoms with Gasteiger partial charge < -0.3 is 5.73 Å². The quantitative estimate of drug-likeness (QED) is 0.827. The first-order valence-electron chi connectivity index (χ1n) is 5.37. The average molecular weight is 210 g/mol. The zero-order valence-corrected chi connectivity index (χ0v) is 9.52. The first-order valence-corrected chi connectivity index (χ1v) is 6.25. The van der Waals surface area contributed by atoms with Crippen molar-refractivity contribution in [2.24, 2.45) is 5.73 Å². The SMILES string of the molecule is CCC1c2ccsc2CCN1CCN. The van der Waals surface area contributed by atoms with Crippen molar-refractivity contribution in [2.45, 2.75) is 25.8 Å². The zero-order valence-electron chi connectivity index (χ0n) is 8.70. The zero-order chi connectivity index (χ0) is 9.97. The third-order valence-corrected chi connectivity index (χ3v) is 4.01. The molecule has 0 saturated heterocycles. The molecule has 2 rings (SSSR count). The predicted molar refractivity (Wildman–Crippen MR) is 61.7 cm³/mol. The van der Waals surface area contributed by atoms with Crippen LogP contribution in [-0.4, -0.2) is 24.5 Å². The summed E-state index contributed by atoms with van der Waals surface area (Å²) >= 11 is 1.91. The summed E-state index contributed by atoms with van der Waals surface area (Å²) in [6.45, 7) is 5.26. The molecular weight excluding hydrogens is 192 g/mol. The van der Waals surface area contributed by atoms with Gasteiger partial charge in [0.1, 0.15) is 0 Å². The van der Waals surface area contributed by atoms with E-state index in [1.54, 1.807) is 10.4 Å². The summed E-state index contributed by atoms with van der Waals surface area (Å²) in [5.41, 5.74) is 7.19. The van der Waals surface area contributed by atoms with E-state index >= 15 is 0 Å². The number of fused-ring (bicyclic) bond motifs is 1. The van der Waals surface area contributed by atoms with Crippen molar-refractivity contribution < 1.29 is 0 Å². The van der Waals surface area contributed by atoms with E-state index in [0.717, 1.165) is 13.1 Å². The number of hydrogen-bond acceptors (Lipinski definition) is 3. The van der Waals surface area contributed by atoms with Crippen LogP contribution < -0.4 is 5.73 Å². The van der Waals surface area contributed by atoms with Crippen molar-refractivity contribution >= 4 is 11.3 Å². The molecule has 0 aromatic carbocycles. The van der Waals surface area contributed by atoms with Gasteiger partial charge in [0.2, 0.25) is 0 Å². The van der Waals surface area contributed by atoms with Gasteiger partial charge in [-0.1, -0.05) is 6.92 Å².